The Labute approximate surface area is 169 Å². The van der Waals surface area contributed by atoms with Gasteiger partial charge in [0.1, 0.15) is 0 Å². The minimum atomic E-state index is -4.39. The highest BCUT2D eigenvalue weighted by molar-refractivity contribution is 14.0. The number of nitrogens with zero attached hydrogens (tertiary/aromatic N) is 2. The fourth-order valence-corrected chi connectivity index (χ4v) is 2.78. The lowest BCUT2D eigenvalue weighted by Gasteiger charge is -2.11. The molecular weight excluding hydrogens is 488 g/mol. The summed E-state index contributed by atoms with van der Waals surface area (Å²) >= 11 is 6.83. The molecule has 0 saturated carbocycles. The van der Waals surface area contributed by atoms with Crippen molar-refractivity contribution in [3.63, 3.8) is 0 Å². The Morgan fingerprint density at radius 2 is 1.92 bits per heavy atom. The highest BCUT2D eigenvalue weighted by Crippen LogP contribution is 2.29. The standard InChI is InChI=1S/C15H16ClF3N4S.HI/c1-20-14(22-8-10-2-4-11(16)5-3-10)21-7-6-13-23-12(9-24-13)15(17,18)19;/h2-5,9H,6-8H2,1H3,(H2,20,21,22);1H. The van der Waals surface area contributed by atoms with Gasteiger partial charge >= 0.3 is 6.18 Å². The lowest BCUT2D eigenvalue weighted by molar-refractivity contribution is -0.140. The van der Waals surface area contributed by atoms with Crippen molar-refractivity contribution >= 4 is 52.9 Å². The van der Waals surface area contributed by atoms with Crippen LogP contribution in [0.25, 0.3) is 0 Å². The van der Waals surface area contributed by atoms with E-state index < -0.39 is 11.9 Å². The normalized spacial score (nSPS) is 11.8. The fourth-order valence-electron chi connectivity index (χ4n) is 1.85. The maximum atomic E-state index is 12.5. The number of hydrogen-bond acceptors (Lipinski definition) is 3. The van der Waals surface area contributed by atoms with E-state index in [9.17, 15) is 13.2 Å². The molecule has 2 rings (SSSR count). The van der Waals surface area contributed by atoms with Gasteiger partial charge in [-0.2, -0.15) is 13.2 Å². The van der Waals surface area contributed by atoms with Gasteiger partial charge in [0.05, 0.1) is 5.01 Å². The predicted molar refractivity (Wildman–Crippen MR) is 106 cm³/mol. The maximum absolute atomic E-state index is 12.5. The van der Waals surface area contributed by atoms with Crippen molar-refractivity contribution in [2.24, 2.45) is 4.99 Å². The Bertz CT molecular complexity index is 689. The van der Waals surface area contributed by atoms with Crippen LogP contribution in [0.5, 0.6) is 0 Å². The highest BCUT2D eigenvalue weighted by atomic mass is 127. The van der Waals surface area contributed by atoms with E-state index in [2.05, 4.69) is 20.6 Å². The van der Waals surface area contributed by atoms with Crippen LogP contribution in [-0.4, -0.2) is 24.5 Å². The monoisotopic (exact) mass is 504 g/mol. The summed E-state index contributed by atoms with van der Waals surface area (Å²) in [4.78, 5) is 7.65. The van der Waals surface area contributed by atoms with Crippen LogP contribution in [0.4, 0.5) is 13.2 Å². The Kier molecular flexibility index (Phi) is 8.94. The summed E-state index contributed by atoms with van der Waals surface area (Å²) in [7, 11) is 1.63. The molecule has 1 aromatic carbocycles. The zero-order valence-electron chi connectivity index (χ0n) is 13.2. The number of halogens is 5. The topological polar surface area (TPSA) is 49.3 Å². The first-order chi connectivity index (χ1) is 11.4. The number of rotatable bonds is 5. The molecule has 0 aliphatic heterocycles. The number of hydrogen-bond donors (Lipinski definition) is 2. The third-order valence-corrected chi connectivity index (χ3v) is 4.23. The first kappa shape index (κ1) is 22.0. The number of nitrogens with one attached hydrogen (secondary N) is 2. The van der Waals surface area contributed by atoms with Crippen molar-refractivity contribution in [3.05, 3.63) is 50.9 Å². The lowest BCUT2D eigenvalue weighted by atomic mass is 10.2. The molecule has 1 aromatic heterocycles. The van der Waals surface area contributed by atoms with Crippen molar-refractivity contribution in [3.8, 4) is 0 Å². The summed E-state index contributed by atoms with van der Waals surface area (Å²) in [5.74, 6) is 0.567. The molecule has 1 heterocycles. The Morgan fingerprint density at radius 1 is 1.24 bits per heavy atom. The average Bonchev–Trinajstić information content (AvgIpc) is 3.01. The van der Waals surface area contributed by atoms with Gasteiger partial charge in [-0.05, 0) is 17.7 Å². The molecule has 2 N–H and O–H groups in total. The van der Waals surface area contributed by atoms with Crippen LogP contribution < -0.4 is 10.6 Å². The van der Waals surface area contributed by atoms with Gasteiger partial charge in [0.25, 0.3) is 0 Å². The second-order valence-corrected chi connectivity index (χ2v) is 6.23. The van der Waals surface area contributed by atoms with Crippen molar-refractivity contribution in [1.29, 1.82) is 0 Å². The molecule has 0 spiro atoms. The molecule has 138 valence electrons. The van der Waals surface area contributed by atoms with Gasteiger partial charge in [0, 0.05) is 37.0 Å². The van der Waals surface area contributed by atoms with Gasteiger partial charge in [-0.25, -0.2) is 4.98 Å². The van der Waals surface area contributed by atoms with E-state index in [1.807, 2.05) is 12.1 Å². The first-order valence-electron chi connectivity index (χ1n) is 7.09. The smallest absolute Gasteiger partial charge is 0.356 e. The molecular formula is C15H17ClF3IN4S. The van der Waals surface area contributed by atoms with Gasteiger partial charge in [0.15, 0.2) is 11.7 Å². The molecule has 0 bridgehead atoms. The summed E-state index contributed by atoms with van der Waals surface area (Å²) in [5.41, 5.74) is 0.199. The van der Waals surface area contributed by atoms with E-state index in [1.165, 1.54) is 0 Å². The van der Waals surface area contributed by atoms with E-state index in [4.69, 9.17) is 11.6 Å². The number of aromatic nitrogens is 1. The predicted octanol–water partition coefficient (Wildman–Crippen LogP) is 4.34. The zero-order chi connectivity index (χ0) is 17.6. The molecule has 4 nitrogen and oxygen atoms in total. The molecule has 25 heavy (non-hydrogen) atoms. The van der Waals surface area contributed by atoms with Crippen molar-refractivity contribution in [2.45, 2.75) is 19.1 Å². The number of benzene rings is 1. The van der Waals surface area contributed by atoms with Gasteiger partial charge in [-0.3, -0.25) is 4.99 Å². The number of thiazole rings is 1. The van der Waals surface area contributed by atoms with Crippen LogP contribution in [0, 0.1) is 0 Å². The molecule has 0 aliphatic rings. The maximum Gasteiger partial charge on any atom is 0.434 e. The van der Waals surface area contributed by atoms with Gasteiger partial charge in [-0.1, -0.05) is 23.7 Å². The Balaban J connectivity index is 0.00000312. The van der Waals surface area contributed by atoms with E-state index in [1.54, 1.807) is 19.2 Å². The van der Waals surface area contributed by atoms with Crippen LogP contribution >= 0.6 is 46.9 Å². The van der Waals surface area contributed by atoms with Gasteiger partial charge in [-0.15, -0.1) is 35.3 Å². The Morgan fingerprint density at radius 3 is 2.48 bits per heavy atom. The van der Waals surface area contributed by atoms with Crippen LogP contribution in [0.15, 0.2) is 34.6 Å². The average molecular weight is 505 g/mol. The largest absolute Gasteiger partial charge is 0.434 e. The van der Waals surface area contributed by atoms with Crippen molar-refractivity contribution in [2.75, 3.05) is 13.6 Å². The fraction of sp³-hybridized carbons (Fsp3) is 0.333. The molecule has 0 amide bonds. The van der Waals surface area contributed by atoms with Crippen LogP contribution in [0.1, 0.15) is 16.3 Å². The minimum absolute atomic E-state index is 0. The van der Waals surface area contributed by atoms with Crippen LogP contribution in [0.3, 0.4) is 0 Å². The summed E-state index contributed by atoms with van der Waals surface area (Å²) in [6.45, 7) is 0.997. The summed E-state index contributed by atoms with van der Waals surface area (Å²) in [5, 5.41) is 8.30. The molecule has 2 aromatic rings. The van der Waals surface area contributed by atoms with Crippen LogP contribution in [0.2, 0.25) is 5.02 Å². The minimum Gasteiger partial charge on any atom is -0.356 e. The Hall–Kier alpha value is -1.07. The molecule has 0 unspecified atom stereocenters. The van der Waals surface area contributed by atoms with E-state index in [-0.39, 0.29) is 24.0 Å². The number of alkyl halides is 3. The van der Waals surface area contributed by atoms with Crippen molar-refractivity contribution < 1.29 is 13.2 Å². The van der Waals surface area contributed by atoms with E-state index in [0.717, 1.165) is 22.3 Å². The summed E-state index contributed by atoms with van der Waals surface area (Å²) < 4.78 is 37.5. The second kappa shape index (κ2) is 10.2. The van der Waals surface area contributed by atoms with Crippen LogP contribution in [-0.2, 0) is 19.1 Å². The van der Waals surface area contributed by atoms with Gasteiger partial charge in [0.2, 0.25) is 0 Å². The molecule has 10 heteroatoms. The second-order valence-electron chi connectivity index (χ2n) is 4.85. The quantitative estimate of drug-likeness (QED) is 0.362. The summed E-state index contributed by atoms with van der Waals surface area (Å²) in [6, 6.07) is 7.40. The van der Waals surface area contributed by atoms with Gasteiger partial charge < -0.3 is 10.6 Å². The van der Waals surface area contributed by atoms with Crippen molar-refractivity contribution in [1.82, 2.24) is 15.6 Å². The third kappa shape index (κ3) is 7.37. The first-order valence-corrected chi connectivity index (χ1v) is 8.35. The zero-order valence-corrected chi connectivity index (χ0v) is 17.1. The summed E-state index contributed by atoms with van der Waals surface area (Å²) in [6.07, 6.45) is -4.00. The molecule has 0 saturated heterocycles. The highest BCUT2D eigenvalue weighted by Gasteiger charge is 2.33. The van der Waals surface area contributed by atoms with E-state index in [0.29, 0.717) is 35.5 Å². The number of guanidine groups is 1. The molecule has 0 atom stereocenters. The SMILES string of the molecule is CN=C(NCCc1nc(C(F)(F)F)cs1)NCc1ccc(Cl)cc1.I. The number of aliphatic imine (C=N–C) groups is 1. The molecule has 0 aliphatic carbocycles. The molecule has 0 radical (unpaired) electrons. The van der Waals surface area contributed by atoms with E-state index >= 15 is 0 Å². The third-order valence-electron chi connectivity index (χ3n) is 3.07. The lowest BCUT2D eigenvalue weighted by Crippen LogP contribution is -2.37. The molecule has 0 fully saturated rings.